The van der Waals surface area contributed by atoms with Gasteiger partial charge in [-0.2, -0.15) is 0 Å². The topological polar surface area (TPSA) is 47.6 Å². The fourth-order valence-corrected chi connectivity index (χ4v) is 0.930. The van der Waals surface area contributed by atoms with Crippen LogP contribution in [-0.4, -0.2) is 19.8 Å². The molecule has 0 amide bonds. The zero-order valence-corrected chi connectivity index (χ0v) is 8.24. The maximum absolute atomic E-state index is 10.5. The van der Waals surface area contributed by atoms with Gasteiger partial charge in [-0.3, -0.25) is 4.79 Å². The number of anilines is 1. The van der Waals surface area contributed by atoms with Gasteiger partial charge in [0, 0.05) is 12.6 Å². The van der Waals surface area contributed by atoms with E-state index in [-0.39, 0.29) is 12.7 Å². The second-order valence-electron chi connectivity index (χ2n) is 2.69. The number of esters is 1. The van der Waals surface area contributed by atoms with Crippen molar-refractivity contribution in [1.29, 1.82) is 0 Å². The zero-order valence-electron chi connectivity index (χ0n) is 8.24. The second kappa shape index (κ2) is 5.11. The SMILES string of the molecule is COc1ccc(NCOC(C)=O)cc1. The predicted molar refractivity (Wildman–Crippen MR) is 53.2 cm³/mol. The number of benzene rings is 1. The molecule has 0 radical (unpaired) electrons. The number of rotatable bonds is 4. The van der Waals surface area contributed by atoms with E-state index >= 15 is 0 Å². The lowest BCUT2D eigenvalue weighted by atomic mass is 10.3. The van der Waals surface area contributed by atoms with E-state index in [1.165, 1.54) is 6.92 Å². The molecule has 14 heavy (non-hydrogen) atoms. The van der Waals surface area contributed by atoms with E-state index in [0.29, 0.717) is 0 Å². The molecule has 0 aliphatic rings. The van der Waals surface area contributed by atoms with Crippen LogP contribution >= 0.6 is 0 Å². The van der Waals surface area contributed by atoms with Gasteiger partial charge in [-0.15, -0.1) is 0 Å². The number of carbonyl (C=O) groups excluding carboxylic acids is 1. The van der Waals surface area contributed by atoms with Crippen molar-refractivity contribution in [3.63, 3.8) is 0 Å². The first-order valence-electron chi connectivity index (χ1n) is 4.23. The van der Waals surface area contributed by atoms with E-state index in [2.05, 4.69) is 5.32 Å². The molecule has 0 bridgehead atoms. The van der Waals surface area contributed by atoms with Gasteiger partial charge in [0.1, 0.15) is 5.75 Å². The average molecular weight is 195 g/mol. The van der Waals surface area contributed by atoms with Gasteiger partial charge in [0.2, 0.25) is 0 Å². The van der Waals surface area contributed by atoms with Crippen LogP contribution in [0.3, 0.4) is 0 Å². The van der Waals surface area contributed by atoms with Crippen LogP contribution in [0.1, 0.15) is 6.92 Å². The molecule has 0 aliphatic carbocycles. The van der Waals surface area contributed by atoms with Crippen molar-refractivity contribution in [2.45, 2.75) is 6.92 Å². The summed E-state index contributed by atoms with van der Waals surface area (Å²) in [5, 5.41) is 2.93. The Balaban J connectivity index is 2.40. The smallest absolute Gasteiger partial charge is 0.304 e. The van der Waals surface area contributed by atoms with Crippen molar-refractivity contribution >= 4 is 11.7 Å². The van der Waals surface area contributed by atoms with E-state index in [0.717, 1.165) is 11.4 Å². The third-order valence-corrected chi connectivity index (χ3v) is 1.64. The zero-order chi connectivity index (χ0) is 10.4. The summed E-state index contributed by atoms with van der Waals surface area (Å²) in [6.07, 6.45) is 0. The molecule has 0 saturated heterocycles. The minimum atomic E-state index is -0.300. The molecule has 0 aliphatic heterocycles. The molecule has 76 valence electrons. The Bertz CT molecular complexity index is 295. The molecular formula is C10H13NO3. The van der Waals surface area contributed by atoms with E-state index in [1.54, 1.807) is 7.11 Å². The highest BCUT2D eigenvalue weighted by Gasteiger charge is 1.94. The molecule has 1 rings (SSSR count). The summed E-state index contributed by atoms with van der Waals surface area (Å²) in [6.45, 7) is 1.55. The molecule has 1 N–H and O–H groups in total. The van der Waals surface area contributed by atoms with Crippen LogP contribution in [0.25, 0.3) is 0 Å². The Morgan fingerprint density at radius 1 is 1.36 bits per heavy atom. The predicted octanol–water partition coefficient (Wildman–Crippen LogP) is 1.63. The number of carbonyl (C=O) groups is 1. The molecule has 1 aromatic carbocycles. The Hall–Kier alpha value is -1.71. The third kappa shape index (κ3) is 3.35. The molecule has 4 nitrogen and oxygen atoms in total. The van der Waals surface area contributed by atoms with Crippen LogP contribution in [0, 0.1) is 0 Å². The molecule has 0 aromatic heterocycles. The van der Waals surface area contributed by atoms with E-state index in [4.69, 9.17) is 9.47 Å². The Kier molecular flexibility index (Phi) is 3.79. The molecule has 0 unspecified atom stereocenters. The van der Waals surface area contributed by atoms with Crippen molar-refractivity contribution in [3.8, 4) is 5.75 Å². The van der Waals surface area contributed by atoms with Gasteiger partial charge in [0.25, 0.3) is 0 Å². The normalized spacial score (nSPS) is 9.29. The van der Waals surface area contributed by atoms with Crippen LogP contribution < -0.4 is 10.1 Å². The number of hydrogen-bond donors (Lipinski definition) is 1. The van der Waals surface area contributed by atoms with E-state index < -0.39 is 0 Å². The van der Waals surface area contributed by atoms with E-state index in [9.17, 15) is 4.79 Å². The summed E-state index contributed by atoms with van der Waals surface area (Å²) in [5.41, 5.74) is 0.882. The highest BCUT2D eigenvalue weighted by molar-refractivity contribution is 5.66. The number of nitrogens with one attached hydrogen (secondary N) is 1. The van der Waals surface area contributed by atoms with Gasteiger partial charge in [-0.05, 0) is 24.3 Å². The standard InChI is InChI=1S/C10H13NO3/c1-8(12)14-7-11-9-3-5-10(13-2)6-4-9/h3-6,11H,7H2,1-2H3. The van der Waals surface area contributed by atoms with Crippen LogP contribution in [-0.2, 0) is 9.53 Å². The molecule has 4 heteroatoms. The minimum Gasteiger partial charge on any atom is -0.497 e. The first-order valence-corrected chi connectivity index (χ1v) is 4.23. The summed E-state index contributed by atoms with van der Waals surface area (Å²) in [6, 6.07) is 7.36. The summed E-state index contributed by atoms with van der Waals surface area (Å²) < 4.78 is 9.72. The number of ether oxygens (including phenoxy) is 2. The molecule has 1 aromatic rings. The van der Waals surface area contributed by atoms with E-state index in [1.807, 2.05) is 24.3 Å². The summed E-state index contributed by atoms with van der Waals surface area (Å²) in [7, 11) is 1.61. The van der Waals surface area contributed by atoms with Crippen LogP contribution in [0.15, 0.2) is 24.3 Å². The maximum Gasteiger partial charge on any atom is 0.304 e. The molecule has 0 heterocycles. The van der Waals surface area contributed by atoms with Gasteiger partial charge in [0.05, 0.1) is 7.11 Å². The van der Waals surface area contributed by atoms with Crippen molar-refractivity contribution in [2.75, 3.05) is 19.2 Å². The largest absolute Gasteiger partial charge is 0.497 e. The van der Waals surface area contributed by atoms with Crippen LogP contribution in [0.4, 0.5) is 5.69 Å². The lowest BCUT2D eigenvalue weighted by molar-refractivity contribution is -0.140. The van der Waals surface area contributed by atoms with Gasteiger partial charge in [0.15, 0.2) is 6.73 Å². The van der Waals surface area contributed by atoms with Gasteiger partial charge >= 0.3 is 5.97 Å². The maximum atomic E-state index is 10.5. The highest BCUT2D eigenvalue weighted by atomic mass is 16.5. The fourth-order valence-electron chi connectivity index (χ4n) is 0.930. The average Bonchev–Trinajstić information content (AvgIpc) is 2.18. The lowest BCUT2D eigenvalue weighted by Gasteiger charge is -2.06. The monoisotopic (exact) mass is 195 g/mol. The first-order chi connectivity index (χ1) is 6.72. The highest BCUT2D eigenvalue weighted by Crippen LogP contribution is 2.14. The molecular weight excluding hydrogens is 182 g/mol. The van der Waals surface area contributed by atoms with Crippen molar-refractivity contribution < 1.29 is 14.3 Å². The Labute approximate surface area is 82.8 Å². The molecule has 0 fully saturated rings. The molecule has 0 saturated carbocycles. The third-order valence-electron chi connectivity index (χ3n) is 1.64. The lowest BCUT2D eigenvalue weighted by Crippen LogP contribution is -2.09. The van der Waals surface area contributed by atoms with Crippen molar-refractivity contribution in [1.82, 2.24) is 0 Å². The van der Waals surface area contributed by atoms with Gasteiger partial charge in [-0.1, -0.05) is 0 Å². The van der Waals surface area contributed by atoms with Crippen LogP contribution in [0.5, 0.6) is 5.75 Å². The summed E-state index contributed by atoms with van der Waals surface area (Å²) in [4.78, 5) is 10.5. The van der Waals surface area contributed by atoms with Crippen molar-refractivity contribution in [3.05, 3.63) is 24.3 Å². The van der Waals surface area contributed by atoms with Gasteiger partial charge in [-0.25, -0.2) is 0 Å². The number of methoxy groups -OCH3 is 1. The molecule has 0 atom stereocenters. The van der Waals surface area contributed by atoms with Gasteiger partial charge < -0.3 is 14.8 Å². The fraction of sp³-hybridized carbons (Fsp3) is 0.300. The van der Waals surface area contributed by atoms with Crippen LogP contribution in [0.2, 0.25) is 0 Å². The second-order valence-corrected chi connectivity index (χ2v) is 2.69. The first kappa shape index (κ1) is 10.4. The Morgan fingerprint density at radius 2 is 2.00 bits per heavy atom. The number of hydrogen-bond acceptors (Lipinski definition) is 4. The van der Waals surface area contributed by atoms with Crippen molar-refractivity contribution in [2.24, 2.45) is 0 Å². The summed E-state index contributed by atoms with van der Waals surface area (Å²) in [5.74, 6) is 0.494. The molecule has 0 spiro atoms. The minimum absolute atomic E-state index is 0.182. The summed E-state index contributed by atoms with van der Waals surface area (Å²) >= 11 is 0. The quantitative estimate of drug-likeness (QED) is 0.586. The Morgan fingerprint density at radius 3 is 2.50 bits per heavy atom.